The largest absolute Gasteiger partial charge is 0.508 e. The van der Waals surface area contributed by atoms with Crippen LogP contribution in [0.1, 0.15) is 93.3 Å². The van der Waals surface area contributed by atoms with Gasteiger partial charge in [0.2, 0.25) is 5.91 Å². The number of allylic oxidation sites excluding steroid dienone is 1. The maximum atomic E-state index is 13.5. The third-order valence-electron chi connectivity index (χ3n) is 14.2. The number of aromatic hydroxyl groups is 1. The van der Waals surface area contributed by atoms with Crippen molar-refractivity contribution in [3.8, 4) is 11.5 Å². The summed E-state index contributed by atoms with van der Waals surface area (Å²) in [7, 11) is 0. The molecule has 10 heteroatoms. The van der Waals surface area contributed by atoms with Crippen LogP contribution in [0, 0.1) is 5.92 Å². The standard InChI is InChI=1S/C49H53N5O5/c1-31-7-18-45(47(56)50-31)54-48(57)43-16-11-36(27-44(43)49(54)58)53-30-37-26-38(53)29-52(37)28-32-19-21-51(22-20-32)23-24-59-40-13-8-34(9-14-40)46-41(33-5-3-2-4-6-33)15-10-35-25-39(55)12-17-42(35)46/h2-6,8-9,11-14,16-17,25,27,32,37-38,41,45-46,55H,1,7,10,15,18-24,26,28-30H2,(H,50,56)/t37-,38-,41+,45?,46-/m0/s1. The number of benzene rings is 4. The normalized spacial score (nSPS) is 26.0. The summed E-state index contributed by atoms with van der Waals surface area (Å²) in [6, 6.07) is 31.1. The van der Waals surface area contributed by atoms with Gasteiger partial charge in [0.15, 0.2) is 0 Å². The van der Waals surface area contributed by atoms with Gasteiger partial charge in [-0.1, -0.05) is 55.1 Å². The summed E-state index contributed by atoms with van der Waals surface area (Å²) in [4.78, 5) is 48.2. The van der Waals surface area contributed by atoms with Crippen molar-refractivity contribution in [3.05, 3.63) is 137 Å². The Bertz CT molecular complexity index is 2270. The lowest BCUT2D eigenvalue weighted by Gasteiger charge is -2.39. The number of rotatable bonds is 10. The van der Waals surface area contributed by atoms with Crippen LogP contribution >= 0.6 is 0 Å². The topological polar surface area (TPSA) is 106 Å². The number of carbonyl (C=O) groups excluding carboxylic acids is 3. The number of phenols is 1. The number of hydrogen-bond donors (Lipinski definition) is 2. The van der Waals surface area contributed by atoms with Gasteiger partial charge in [0.1, 0.15) is 24.1 Å². The summed E-state index contributed by atoms with van der Waals surface area (Å²) in [5.41, 5.74) is 7.59. The molecule has 0 aromatic heterocycles. The average Bonchev–Trinajstić information content (AvgIpc) is 3.93. The van der Waals surface area contributed by atoms with Crippen LogP contribution in [0.15, 0.2) is 103 Å². The van der Waals surface area contributed by atoms with E-state index in [0.717, 1.165) is 74.9 Å². The molecule has 4 aromatic rings. The van der Waals surface area contributed by atoms with Gasteiger partial charge in [0, 0.05) is 55.6 Å². The van der Waals surface area contributed by atoms with Crippen molar-refractivity contribution >= 4 is 23.4 Å². The van der Waals surface area contributed by atoms with Gasteiger partial charge in [-0.25, -0.2) is 0 Å². The highest BCUT2D eigenvalue weighted by atomic mass is 16.5. The summed E-state index contributed by atoms with van der Waals surface area (Å²) >= 11 is 0. The van der Waals surface area contributed by atoms with Crippen LogP contribution in [0.25, 0.3) is 0 Å². The fourth-order valence-electron chi connectivity index (χ4n) is 11.1. The number of anilines is 1. The smallest absolute Gasteiger partial charge is 0.262 e. The van der Waals surface area contributed by atoms with Crippen molar-refractivity contribution in [3.63, 3.8) is 0 Å². The monoisotopic (exact) mass is 791 g/mol. The third-order valence-corrected chi connectivity index (χ3v) is 14.2. The van der Waals surface area contributed by atoms with Crippen LogP contribution in [0.4, 0.5) is 5.69 Å². The molecule has 10 rings (SSSR count). The number of piperazine rings is 1. The van der Waals surface area contributed by atoms with Gasteiger partial charge in [0.05, 0.1) is 11.1 Å². The first-order chi connectivity index (χ1) is 28.8. The molecule has 5 aliphatic heterocycles. The SMILES string of the molecule is C=C1CCC(N2C(=O)c3ccc(N4C[C@@H]5C[C@H]4CN5CC4CCN(CCOc5ccc([C@@H]6c7ccc(O)cc7CC[C@@H]6c6ccccc6)cc5)CC4)cc3C2=O)C(=O)N1. The number of phenolic OH excluding ortho intramolecular Hbond substituents is 1. The number of ether oxygens (including phenoxy) is 1. The predicted octanol–water partition coefficient (Wildman–Crippen LogP) is 6.70. The van der Waals surface area contributed by atoms with Gasteiger partial charge in [0.25, 0.3) is 11.8 Å². The summed E-state index contributed by atoms with van der Waals surface area (Å²) in [6.45, 7) is 10.7. The Morgan fingerprint density at radius 2 is 1.58 bits per heavy atom. The number of nitrogens with one attached hydrogen (secondary N) is 1. The van der Waals surface area contributed by atoms with Gasteiger partial charge in [-0.2, -0.15) is 0 Å². The minimum atomic E-state index is -0.796. The van der Waals surface area contributed by atoms with E-state index < -0.39 is 6.04 Å². The second-order valence-electron chi connectivity index (χ2n) is 17.6. The number of carbonyl (C=O) groups is 3. The molecule has 3 amide bonds. The molecule has 4 saturated heterocycles. The molecule has 5 heterocycles. The Labute approximate surface area is 346 Å². The summed E-state index contributed by atoms with van der Waals surface area (Å²) in [5, 5.41) is 12.9. The molecule has 0 radical (unpaired) electrons. The molecule has 4 aromatic carbocycles. The summed E-state index contributed by atoms with van der Waals surface area (Å²) in [5.74, 6) is 1.43. The van der Waals surface area contributed by atoms with E-state index in [0.29, 0.717) is 65.9 Å². The molecular formula is C49H53N5O5. The zero-order valence-corrected chi connectivity index (χ0v) is 33.6. The zero-order valence-electron chi connectivity index (χ0n) is 33.6. The Kier molecular flexibility index (Phi) is 10.0. The highest BCUT2D eigenvalue weighted by molar-refractivity contribution is 6.23. The second kappa shape index (κ2) is 15.6. The zero-order chi connectivity index (χ0) is 40.2. The number of fused-ring (bicyclic) bond motifs is 4. The molecule has 2 bridgehead atoms. The molecule has 1 aliphatic carbocycles. The van der Waals surface area contributed by atoms with Crippen LogP contribution < -0.4 is 15.0 Å². The molecule has 0 saturated carbocycles. The molecular weight excluding hydrogens is 739 g/mol. The third kappa shape index (κ3) is 7.20. The van der Waals surface area contributed by atoms with Crippen LogP contribution in [-0.2, 0) is 11.2 Å². The minimum absolute atomic E-state index is 0.226. The van der Waals surface area contributed by atoms with Crippen LogP contribution in [0.5, 0.6) is 11.5 Å². The van der Waals surface area contributed by atoms with E-state index in [4.69, 9.17) is 4.74 Å². The van der Waals surface area contributed by atoms with E-state index in [2.05, 4.69) is 87.3 Å². The van der Waals surface area contributed by atoms with E-state index in [1.165, 1.54) is 35.1 Å². The van der Waals surface area contributed by atoms with Crippen molar-refractivity contribution in [2.75, 3.05) is 50.8 Å². The fourth-order valence-corrected chi connectivity index (χ4v) is 11.1. The second-order valence-corrected chi connectivity index (χ2v) is 17.6. The van der Waals surface area contributed by atoms with Crippen molar-refractivity contribution < 1.29 is 24.2 Å². The van der Waals surface area contributed by atoms with Crippen molar-refractivity contribution in [2.45, 2.75) is 74.9 Å². The predicted molar refractivity (Wildman–Crippen MR) is 227 cm³/mol. The molecule has 4 fully saturated rings. The summed E-state index contributed by atoms with van der Waals surface area (Å²) < 4.78 is 6.29. The maximum absolute atomic E-state index is 13.5. The molecule has 0 spiro atoms. The van der Waals surface area contributed by atoms with Crippen LogP contribution in [-0.4, -0.2) is 102 Å². The van der Waals surface area contributed by atoms with Gasteiger partial charge < -0.3 is 20.1 Å². The highest BCUT2D eigenvalue weighted by Gasteiger charge is 2.47. The molecule has 59 heavy (non-hydrogen) atoms. The van der Waals surface area contributed by atoms with Crippen LogP contribution in [0.2, 0.25) is 0 Å². The van der Waals surface area contributed by atoms with Gasteiger partial charge in [-0.05, 0) is 135 Å². The molecule has 10 nitrogen and oxygen atoms in total. The summed E-state index contributed by atoms with van der Waals surface area (Å²) in [6.07, 6.45) is 6.47. The van der Waals surface area contributed by atoms with Crippen molar-refractivity contribution in [1.29, 1.82) is 0 Å². The highest BCUT2D eigenvalue weighted by Crippen LogP contribution is 2.47. The fraction of sp³-hybridized carbons (Fsp3) is 0.408. The molecule has 5 atom stereocenters. The number of amides is 3. The first kappa shape index (κ1) is 37.8. The minimum Gasteiger partial charge on any atom is -0.508 e. The van der Waals surface area contributed by atoms with E-state index >= 15 is 0 Å². The maximum Gasteiger partial charge on any atom is 0.262 e. The Balaban J connectivity index is 0.690. The van der Waals surface area contributed by atoms with Gasteiger partial charge >= 0.3 is 0 Å². The Hall–Kier alpha value is -5.45. The lowest BCUT2D eigenvalue weighted by Crippen LogP contribution is -2.51. The number of hydrogen-bond acceptors (Lipinski definition) is 8. The Morgan fingerprint density at radius 3 is 2.34 bits per heavy atom. The van der Waals surface area contributed by atoms with Gasteiger partial charge in [-0.3, -0.25) is 29.1 Å². The number of aryl methyl sites for hydroxylation is 1. The number of piperidine rings is 2. The van der Waals surface area contributed by atoms with Crippen molar-refractivity contribution in [2.24, 2.45) is 5.92 Å². The number of likely N-dealkylation sites (tertiary alicyclic amines) is 2. The quantitative estimate of drug-likeness (QED) is 0.171. The van der Waals surface area contributed by atoms with Crippen molar-refractivity contribution in [1.82, 2.24) is 20.0 Å². The lowest BCUT2D eigenvalue weighted by atomic mass is 9.69. The number of nitrogens with zero attached hydrogens (tertiary/aromatic N) is 4. The van der Waals surface area contributed by atoms with E-state index in [1.54, 1.807) is 6.07 Å². The van der Waals surface area contributed by atoms with Gasteiger partial charge in [-0.15, -0.1) is 0 Å². The molecule has 1 unspecified atom stereocenters. The first-order valence-corrected chi connectivity index (χ1v) is 21.6. The van der Waals surface area contributed by atoms with Crippen LogP contribution in [0.3, 0.4) is 0 Å². The average molecular weight is 792 g/mol. The molecule has 6 aliphatic rings. The van der Waals surface area contributed by atoms with E-state index in [9.17, 15) is 19.5 Å². The molecule has 2 N–H and O–H groups in total. The number of imide groups is 1. The van der Waals surface area contributed by atoms with E-state index in [1.807, 2.05) is 24.3 Å². The Morgan fingerprint density at radius 1 is 0.780 bits per heavy atom. The molecule has 304 valence electrons. The van der Waals surface area contributed by atoms with E-state index in [-0.39, 0.29) is 23.6 Å². The lowest BCUT2D eigenvalue weighted by molar-refractivity contribution is -0.125. The first-order valence-electron chi connectivity index (χ1n) is 21.6.